The Hall–Kier alpha value is -3.84. The van der Waals surface area contributed by atoms with Gasteiger partial charge in [0.05, 0.1) is 13.2 Å². The standard InChI is InChI=1S/C34H42N2O5/c1-33(2,3)24-18-19-26(40-7)23(20-24)21-35-28-27(34(4,5)6)30(31(37)38)36(29(28)22-14-10-8-11-15-22)32(39)41-25-16-12-9-13-17-25/h8-20,27-30,35H,21H2,1-7H3,(H,37,38)/t27-,28-,29-,30-/m0/s1. The molecular formula is C34H42N2O5. The topological polar surface area (TPSA) is 88.1 Å². The highest BCUT2D eigenvalue weighted by atomic mass is 16.6. The highest BCUT2D eigenvalue weighted by molar-refractivity contribution is 5.83. The van der Waals surface area contributed by atoms with Crippen molar-refractivity contribution in [3.63, 3.8) is 0 Å². The van der Waals surface area contributed by atoms with Crippen LogP contribution in [0.25, 0.3) is 0 Å². The van der Waals surface area contributed by atoms with E-state index < -0.39 is 41.5 Å². The molecule has 0 aromatic heterocycles. The molecule has 7 nitrogen and oxygen atoms in total. The van der Waals surface area contributed by atoms with Crippen LogP contribution >= 0.6 is 0 Å². The van der Waals surface area contributed by atoms with Crippen LogP contribution in [0.3, 0.4) is 0 Å². The molecule has 1 aliphatic rings. The molecule has 1 heterocycles. The van der Waals surface area contributed by atoms with Gasteiger partial charge >= 0.3 is 12.1 Å². The van der Waals surface area contributed by atoms with Crippen molar-refractivity contribution in [2.45, 2.75) is 71.6 Å². The minimum Gasteiger partial charge on any atom is -0.496 e. The van der Waals surface area contributed by atoms with Gasteiger partial charge in [-0.1, -0.05) is 102 Å². The normalized spacial score (nSPS) is 21.0. The van der Waals surface area contributed by atoms with E-state index in [9.17, 15) is 14.7 Å². The lowest BCUT2D eigenvalue weighted by atomic mass is 9.72. The second kappa shape index (κ2) is 12.0. The molecule has 1 saturated heterocycles. The van der Waals surface area contributed by atoms with Crippen LogP contribution in [-0.4, -0.2) is 41.3 Å². The van der Waals surface area contributed by atoms with Crippen molar-refractivity contribution in [3.05, 3.63) is 95.6 Å². The Morgan fingerprint density at radius 2 is 1.51 bits per heavy atom. The summed E-state index contributed by atoms with van der Waals surface area (Å²) < 4.78 is 11.5. The van der Waals surface area contributed by atoms with Crippen molar-refractivity contribution in [1.82, 2.24) is 10.2 Å². The molecule has 218 valence electrons. The number of likely N-dealkylation sites (tertiary alicyclic amines) is 1. The van der Waals surface area contributed by atoms with E-state index in [0.29, 0.717) is 12.3 Å². The van der Waals surface area contributed by atoms with Crippen LogP contribution in [0.2, 0.25) is 0 Å². The van der Waals surface area contributed by atoms with Gasteiger partial charge in [-0.2, -0.15) is 0 Å². The molecule has 0 radical (unpaired) electrons. The summed E-state index contributed by atoms with van der Waals surface area (Å²) in [4.78, 5) is 28.3. The zero-order valence-corrected chi connectivity index (χ0v) is 25.0. The van der Waals surface area contributed by atoms with Crippen molar-refractivity contribution in [3.8, 4) is 11.5 Å². The van der Waals surface area contributed by atoms with E-state index in [4.69, 9.17) is 9.47 Å². The first-order chi connectivity index (χ1) is 19.3. The number of hydrogen-bond acceptors (Lipinski definition) is 5. The Morgan fingerprint density at radius 3 is 2.05 bits per heavy atom. The summed E-state index contributed by atoms with van der Waals surface area (Å²) in [5.74, 6) is -0.388. The van der Waals surface area contributed by atoms with E-state index in [0.717, 1.165) is 16.9 Å². The molecule has 1 fully saturated rings. The van der Waals surface area contributed by atoms with E-state index in [1.165, 1.54) is 10.5 Å². The van der Waals surface area contributed by atoms with E-state index in [1.807, 2.05) is 63.2 Å². The third-order valence-corrected chi connectivity index (χ3v) is 7.89. The van der Waals surface area contributed by atoms with E-state index in [-0.39, 0.29) is 5.41 Å². The number of carboxylic acid groups (broad SMARTS) is 1. The van der Waals surface area contributed by atoms with Gasteiger partial charge in [0.2, 0.25) is 0 Å². The maximum Gasteiger partial charge on any atom is 0.416 e. The first kappa shape index (κ1) is 30.1. The van der Waals surface area contributed by atoms with Gasteiger partial charge in [0, 0.05) is 24.1 Å². The number of ether oxygens (including phenoxy) is 2. The van der Waals surface area contributed by atoms with Gasteiger partial charge in [-0.25, -0.2) is 9.59 Å². The number of aliphatic carboxylic acids is 1. The van der Waals surface area contributed by atoms with Crippen molar-refractivity contribution in [2.75, 3.05) is 7.11 Å². The molecule has 1 amide bonds. The molecule has 0 saturated carbocycles. The zero-order chi connectivity index (χ0) is 29.9. The van der Waals surface area contributed by atoms with Crippen LogP contribution in [0.1, 0.15) is 64.3 Å². The van der Waals surface area contributed by atoms with Crippen LogP contribution in [0.5, 0.6) is 11.5 Å². The molecule has 0 bridgehead atoms. The van der Waals surface area contributed by atoms with E-state index >= 15 is 0 Å². The zero-order valence-electron chi connectivity index (χ0n) is 25.0. The smallest absolute Gasteiger partial charge is 0.416 e. The number of hydrogen-bond donors (Lipinski definition) is 2. The number of para-hydroxylation sites is 1. The second-order valence-electron chi connectivity index (χ2n) is 12.8. The molecule has 4 rings (SSSR count). The Balaban J connectivity index is 1.81. The fraction of sp³-hybridized carbons (Fsp3) is 0.412. The monoisotopic (exact) mass is 558 g/mol. The maximum absolute atomic E-state index is 13.9. The number of benzene rings is 3. The van der Waals surface area contributed by atoms with Gasteiger partial charge in [0.15, 0.2) is 0 Å². The van der Waals surface area contributed by atoms with Gasteiger partial charge in [-0.3, -0.25) is 4.90 Å². The molecule has 0 aliphatic carbocycles. The number of carbonyl (C=O) groups excluding carboxylic acids is 1. The number of nitrogens with zero attached hydrogens (tertiary/aromatic N) is 1. The molecule has 4 atom stereocenters. The molecule has 1 aliphatic heterocycles. The Bertz CT molecular complexity index is 1350. The van der Waals surface area contributed by atoms with Crippen LogP contribution in [-0.2, 0) is 16.8 Å². The third kappa shape index (κ3) is 6.57. The molecule has 41 heavy (non-hydrogen) atoms. The highest BCUT2D eigenvalue weighted by Gasteiger charge is 2.58. The van der Waals surface area contributed by atoms with Crippen molar-refractivity contribution >= 4 is 12.1 Å². The quantitative estimate of drug-likeness (QED) is 0.331. The molecule has 7 heteroatoms. The third-order valence-electron chi connectivity index (χ3n) is 7.89. The Kier molecular flexibility index (Phi) is 8.78. The predicted octanol–water partition coefficient (Wildman–Crippen LogP) is 6.82. The molecule has 0 spiro atoms. The summed E-state index contributed by atoms with van der Waals surface area (Å²) in [5.41, 5.74) is 2.46. The number of methoxy groups -OCH3 is 1. The predicted molar refractivity (Wildman–Crippen MR) is 160 cm³/mol. The Morgan fingerprint density at radius 1 is 0.902 bits per heavy atom. The molecule has 2 N–H and O–H groups in total. The van der Waals surface area contributed by atoms with Gasteiger partial charge in [0.25, 0.3) is 0 Å². The summed E-state index contributed by atoms with van der Waals surface area (Å²) in [6.45, 7) is 13.0. The number of rotatable bonds is 7. The number of carboxylic acids is 1. The van der Waals surface area contributed by atoms with Gasteiger partial charge in [-0.05, 0) is 40.2 Å². The molecular weight excluding hydrogens is 516 g/mol. The summed E-state index contributed by atoms with van der Waals surface area (Å²) in [6.07, 6.45) is -0.691. The van der Waals surface area contributed by atoms with Crippen LogP contribution in [0.4, 0.5) is 4.79 Å². The number of amides is 1. The first-order valence-electron chi connectivity index (χ1n) is 14.1. The molecule has 3 aromatic carbocycles. The minimum atomic E-state index is -1.11. The van der Waals surface area contributed by atoms with Crippen LogP contribution < -0.4 is 14.8 Å². The van der Waals surface area contributed by atoms with Gasteiger partial charge in [-0.15, -0.1) is 0 Å². The fourth-order valence-corrected chi connectivity index (χ4v) is 5.93. The van der Waals surface area contributed by atoms with Crippen molar-refractivity contribution in [2.24, 2.45) is 11.3 Å². The molecule has 0 unspecified atom stereocenters. The van der Waals surface area contributed by atoms with E-state index in [2.05, 4.69) is 38.2 Å². The summed E-state index contributed by atoms with van der Waals surface area (Å²) in [5, 5.41) is 14.3. The number of carbonyl (C=O) groups is 2. The van der Waals surface area contributed by atoms with Crippen LogP contribution in [0, 0.1) is 11.3 Å². The highest BCUT2D eigenvalue weighted by Crippen LogP contribution is 2.48. The lowest BCUT2D eigenvalue weighted by Crippen LogP contribution is -2.48. The first-order valence-corrected chi connectivity index (χ1v) is 14.1. The summed E-state index contributed by atoms with van der Waals surface area (Å²) in [6, 6.07) is 22.4. The average molecular weight is 559 g/mol. The maximum atomic E-state index is 13.9. The SMILES string of the molecule is COc1ccc(C(C)(C)C)cc1CN[C@H]1[C@H](C(C)(C)C)[C@@H](C(=O)O)N(C(=O)Oc2ccccc2)[C@H]1c1ccccc1. The van der Waals surface area contributed by atoms with Crippen molar-refractivity contribution < 1.29 is 24.2 Å². The molecule has 3 aromatic rings. The average Bonchev–Trinajstić information content (AvgIpc) is 3.28. The lowest BCUT2D eigenvalue weighted by molar-refractivity contribution is -0.144. The van der Waals surface area contributed by atoms with Crippen molar-refractivity contribution in [1.29, 1.82) is 0 Å². The lowest BCUT2D eigenvalue weighted by Gasteiger charge is -2.35. The Labute approximate surface area is 243 Å². The van der Waals surface area contributed by atoms with E-state index in [1.54, 1.807) is 31.4 Å². The second-order valence-corrected chi connectivity index (χ2v) is 12.8. The summed E-state index contributed by atoms with van der Waals surface area (Å²) >= 11 is 0. The summed E-state index contributed by atoms with van der Waals surface area (Å²) in [7, 11) is 1.65. The fourth-order valence-electron chi connectivity index (χ4n) is 5.93. The van der Waals surface area contributed by atoms with Gasteiger partial charge < -0.3 is 19.9 Å². The minimum absolute atomic E-state index is 0.0543. The number of nitrogens with one attached hydrogen (secondary N) is 1. The van der Waals surface area contributed by atoms with Crippen LogP contribution in [0.15, 0.2) is 78.9 Å². The van der Waals surface area contributed by atoms with Gasteiger partial charge in [0.1, 0.15) is 17.5 Å². The largest absolute Gasteiger partial charge is 0.496 e.